The summed E-state index contributed by atoms with van der Waals surface area (Å²) >= 11 is 0. The molecule has 0 bridgehead atoms. The highest BCUT2D eigenvalue weighted by atomic mass is 16.6. The molecule has 1 N–H and O–H groups in total. The van der Waals surface area contributed by atoms with Crippen LogP contribution in [0.15, 0.2) is 24.3 Å². The van der Waals surface area contributed by atoms with Crippen molar-refractivity contribution in [2.24, 2.45) is 0 Å². The molecule has 1 heterocycles. The van der Waals surface area contributed by atoms with E-state index in [4.69, 9.17) is 10.1 Å². The van der Waals surface area contributed by atoms with Crippen LogP contribution in [0.4, 0.5) is 0 Å². The quantitative estimate of drug-likeness (QED) is 0.655. The van der Waals surface area contributed by atoms with Crippen LogP contribution in [0.2, 0.25) is 0 Å². The van der Waals surface area contributed by atoms with Gasteiger partial charge in [0.15, 0.2) is 0 Å². The molecule has 1 aliphatic heterocycles. The Hall–Kier alpha value is -1.90. The summed E-state index contributed by atoms with van der Waals surface area (Å²) in [6.07, 6.45) is 3.80. The van der Waals surface area contributed by atoms with Crippen LogP contribution in [-0.4, -0.2) is 37.0 Å². The Morgan fingerprint density at radius 2 is 2.15 bits per heavy atom. The van der Waals surface area contributed by atoms with Crippen molar-refractivity contribution in [1.82, 2.24) is 10.4 Å². The zero-order valence-electron chi connectivity index (χ0n) is 11.5. The van der Waals surface area contributed by atoms with Crippen molar-refractivity contribution < 1.29 is 9.63 Å². The molecule has 1 amide bonds. The minimum atomic E-state index is -0.319. The lowest BCUT2D eigenvalue weighted by Crippen LogP contribution is -2.35. The Kier molecular flexibility index (Phi) is 5.54. The number of likely N-dealkylation sites (tertiary alicyclic amines) is 1. The van der Waals surface area contributed by atoms with Gasteiger partial charge in [-0.3, -0.25) is 9.63 Å². The molecular weight excluding hydrogens is 254 g/mol. The SMILES string of the molecule is N#Cc1cccc(C(=O)NOCCN2CCCCC2)c1. The van der Waals surface area contributed by atoms with E-state index >= 15 is 0 Å². The summed E-state index contributed by atoms with van der Waals surface area (Å²) in [4.78, 5) is 19.3. The first-order valence-corrected chi connectivity index (χ1v) is 6.94. The Balaban J connectivity index is 1.70. The lowest BCUT2D eigenvalue weighted by molar-refractivity contribution is 0.0206. The van der Waals surface area contributed by atoms with Gasteiger partial charge in [0.25, 0.3) is 5.91 Å². The van der Waals surface area contributed by atoms with Crippen molar-refractivity contribution in [1.29, 1.82) is 5.26 Å². The molecule has 20 heavy (non-hydrogen) atoms. The van der Waals surface area contributed by atoms with Crippen LogP contribution in [0.1, 0.15) is 35.2 Å². The van der Waals surface area contributed by atoms with Gasteiger partial charge in [0.05, 0.1) is 18.2 Å². The second-order valence-electron chi connectivity index (χ2n) is 4.87. The second-order valence-corrected chi connectivity index (χ2v) is 4.87. The van der Waals surface area contributed by atoms with Crippen molar-refractivity contribution in [2.45, 2.75) is 19.3 Å². The summed E-state index contributed by atoms with van der Waals surface area (Å²) in [6.45, 7) is 3.53. The molecule has 1 fully saturated rings. The Labute approximate surface area is 119 Å². The lowest BCUT2D eigenvalue weighted by atomic mass is 10.1. The first kappa shape index (κ1) is 14.5. The molecule has 1 saturated heterocycles. The van der Waals surface area contributed by atoms with Crippen LogP contribution in [0.25, 0.3) is 0 Å². The molecule has 0 radical (unpaired) electrons. The number of nitrogens with one attached hydrogen (secondary N) is 1. The van der Waals surface area contributed by atoms with Crippen LogP contribution in [0, 0.1) is 11.3 Å². The van der Waals surface area contributed by atoms with E-state index in [-0.39, 0.29) is 5.91 Å². The third kappa shape index (κ3) is 4.34. The molecule has 0 spiro atoms. The summed E-state index contributed by atoms with van der Waals surface area (Å²) in [7, 11) is 0. The van der Waals surface area contributed by atoms with E-state index in [0.717, 1.165) is 19.6 Å². The molecule has 0 aromatic heterocycles. The fourth-order valence-electron chi connectivity index (χ4n) is 2.26. The monoisotopic (exact) mass is 273 g/mol. The highest BCUT2D eigenvalue weighted by Crippen LogP contribution is 2.07. The minimum absolute atomic E-state index is 0.319. The van der Waals surface area contributed by atoms with Gasteiger partial charge in [0.1, 0.15) is 0 Å². The van der Waals surface area contributed by atoms with Gasteiger partial charge < -0.3 is 4.90 Å². The molecule has 0 atom stereocenters. The summed E-state index contributed by atoms with van der Waals surface area (Å²) in [5.41, 5.74) is 3.31. The van der Waals surface area contributed by atoms with E-state index < -0.39 is 0 Å². The number of hydrogen-bond acceptors (Lipinski definition) is 4. The molecule has 1 aromatic rings. The maximum Gasteiger partial charge on any atom is 0.274 e. The summed E-state index contributed by atoms with van der Waals surface area (Å²) in [5.74, 6) is -0.319. The summed E-state index contributed by atoms with van der Waals surface area (Å²) in [6, 6.07) is 8.55. The molecular formula is C15H19N3O2. The fraction of sp³-hybridized carbons (Fsp3) is 0.467. The third-order valence-corrected chi connectivity index (χ3v) is 3.38. The lowest BCUT2D eigenvalue weighted by Gasteiger charge is -2.25. The zero-order chi connectivity index (χ0) is 14.2. The Morgan fingerprint density at radius 1 is 1.35 bits per heavy atom. The Morgan fingerprint density at radius 3 is 2.90 bits per heavy atom. The van der Waals surface area contributed by atoms with Gasteiger partial charge in [-0.05, 0) is 44.1 Å². The number of carbonyl (C=O) groups is 1. The van der Waals surface area contributed by atoms with Crippen LogP contribution >= 0.6 is 0 Å². The maximum absolute atomic E-state index is 11.8. The number of hydroxylamine groups is 1. The van der Waals surface area contributed by atoms with Crippen molar-refractivity contribution in [3.63, 3.8) is 0 Å². The predicted molar refractivity (Wildman–Crippen MR) is 74.9 cm³/mol. The Bertz CT molecular complexity index is 490. The highest BCUT2D eigenvalue weighted by molar-refractivity contribution is 5.93. The van der Waals surface area contributed by atoms with Gasteiger partial charge in [-0.2, -0.15) is 5.26 Å². The van der Waals surface area contributed by atoms with Gasteiger partial charge in [-0.25, -0.2) is 5.48 Å². The molecule has 5 nitrogen and oxygen atoms in total. The van der Waals surface area contributed by atoms with Crippen LogP contribution < -0.4 is 5.48 Å². The third-order valence-electron chi connectivity index (χ3n) is 3.38. The van der Waals surface area contributed by atoms with Gasteiger partial charge in [0.2, 0.25) is 0 Å². The molecule has 5 heteroatoms. The summed E-state index contributed by atoms with van der Waals surface area (Å²) in [5, 5.41) is 8.78. The average Bonchev–Trinajstić information content (AvgIpc) is 2.52. The van der Waals surface area contributed by atoms with Crippen LogP contribution in [0.5, 0.6) is 0 Å². The number of benzene rings is 1. The van der Waals surface area contributed by atoms with Crippen LogP contribution in [-0.2, 0) is 4.84 Å². The van der Waals surface area contributed by atoms with E-state index in [1.165, 1.54) is 19.3 Å². The van der Waals surface area contributed by atoms with Crippen molar-refractivity contribution >= 4 is 5.91 Å². The number of carbonyl (C=O) groups excluding carboxylic acids is 1. The molecule has 106 valence electrons. The number of piperidine rings is 1. The number of rotatable bonds is 5. The van der Waals surface area contributed by atoms with Gasteiger partial charge >= 0.3 is 0 Å². The number of hydrogen-bond donors (Lipinski definition) is 1. The topological polar surface area (TPSA) is 65.4 Å². The minimum Gasteiger partial charge on any atom is -0.301 e. The van der Waals surface area contributed by atoms with Crippen LogP contribution in [0.3, 0.4) is 0 Å². The first-order chi connectivity index (χ1) is 9.79. The number of nitriles is 1. The van der Waals surface area contributed by atoms with Gasteiger partial charge in [-0.1, -0.05) is 12.5 Å². The van der Waals surface area contributed by atoms with Gasteiger partial charge in [-0.15, -0.1) is 0 Å². The van der Waals surface area contributed by atoms with Crippen molar-refractivity contribution in [3.8, 4) is 6.07 Å². The molecule has 0 unspecified atom stereocenters. The average molecular weight is 273 g/mol. The smallest absolute Gasteiger partial charge is 0.274 e. The number of amides is 1. The molecule has 0 saturated carbocycles. The first-order valence-electron chi connectivity index (χ1n) is 6.94. The van der Waals surface area contributed by atoms with E-state index in [1.54, 1.807) is 24.3 Å². The van der Waals surface area contributed by atoms with E-state index in [0.29, 0.717) is 17.7 Å². The zero-order valence-corrected chi connectivity index (χ0v) is 11.5. The van der Waals surface area contributed by atoms with E-state index in [9.17, 15) is 4.79 Å². The molecule has 1 aliphatic rings. The maximum atomic E-state index is 11.8. The summed E-state index contributed by atoms with van der Waals surface area (Å²) < 4.78 is 0. The van der Waals surface area contributed by atoms with E-state index in [1.807, 2.05) is 6.07 Å². The molecule has 1 aromatic carbocycles. The highest BCUT2D eigenvalue weighted by Gasteiger charge is 2.10. The number of nitrogens with zero attached hydrogens (tertiary/aromatic N) is 2. The largest absolute Gasteiger partial charge is 0.301 e. The molecule has 2 rings (SSSR count). The second kappa shape index (κ2) is 7.63. The normalized spacial score (nSPS) is 15.6. The predicted octanol–water partition coefficient (Wildman–Crippen LogP) is 1.71. The molecule has 0 aliphatic carbocycles. The van der Waals surface area contributed by atoms with Gasteiger partial charge in [0, 0.05) is 12.1 Å². The van der Waals surface area contributed by atoms with Crippen molar-refractivity contribution in [2.75, 3.05) is 26.2 Å². The van der Waals surface area contributed by atoms with E-state index in [2.05, 4.69) is 10.4 Å². The van der Waals surface area contributed by atoms with Crippen molar-refractivity contribution in [3.05, 3.63) is 35.4 Å². The fourth-order valence-corrected chi connectivity index (χ4v) is 2.26. The standard InChI is InChI=1S/C15H19N3O2/c16-12-13-5-4-6-14(11-13)15(19)17-20-10-9-18-7-2-1-3-8-18/h4-6,11H,1-3,7-10H2,(H,17,19).